The number of hydrogen-bond donors (Lipinski definition) is 3. The first-order valence-electron chi connectivity index (χ1n) is 10.8. The summed E-state index contributed by atoms with van der Waals surface area (Å²) in [5, 5.41) is 15.5. The molecule has 3 N–H and O–H groups in total. The highest BCUT2D eigenvalue weighted by atomic mass is 16.5. The van der Waals surface area contributed by atoms with Crippen molar-refractivity contribution in [2.24, 2.45) is 10.9 Å². The van der Waals surface area contributed by atoms with Crippen LogP contribution in [-0.4, -0.2) is 70.9 Å². The van der Waals surface area contributed by atoms with Gasteiger partial charge in [0.25, 0.3) is 0 Å². The van der Waals surface area contributed by atoms with Crippen LogP contribution in [-0.2, 0) is 16.0 Å². The minimum absolute atomic E-state index is 0.0342. The van der Waals surface area contributed by atoms with Gasteiger partial charge in [-0.05, 0) is 49.8 Å². The summed E-state index contributed by atoms with van der Waals surface area (Å²) in [4.78, 5) is 4.65. The number of nitrogens with one attached hydrogen (secondary N) is 2. The molecule has 0 unspecified atom stereocenters. The van der Waals surface area contributed by atoms with Crippen molar-refractivity contribution >= 4 is 5.96 Å². The molecule has 0 spiro atoms. The first-order chi connectivity index (χ1) is 14.8. The average molecular weight is 424 g/mol. The van der Waals surface area contributed by atoms with Gasteiger partial charge in [-0.3, -0.25) is 0 Å². The molecule has 8 heteroatoms. The Kier molecular flexibility index (Phi) is 12.0. The Bertz CT molecular complexity index is 621. The van der Waals surface area contributed by atoms with Gasteiger partial charge in [-0.2, -0.15) is 0 Å². The van der Waals surface area contributed by atoms with E-state index in [1.165, 1.54) is 0 Å². The van der Waals surface area contributed by atoms with Crippen LogP contribution in [0.3, 0.4) is 0 Å². The van der Waals surface area contributed by atoms with E-state index in [2.05, 4.69) is 15.6 Å². The third-order valence-corrected chi connectivity index (χ3v) is 4.79. The summed E-state index contributed by atoms with van der Waals surface area (Å²) in [5.41, 5.74) is 1.01. The van der Waals surface area contributed by atoms with Crippen molar-refractivity contribution in [2.45, 2.75) is 32.7 Å². The van der Waals surface area contributed by atoms with Crippen molar-refractivity contribution in [2.75, 3.05) is 59.8 Å². The molecular formula is C22H37N3O5. The lowest BCUT2D eigenvalue weighted by molar-refractivity contribution is 0.0203. The summed E-state index contributed by atoms with van der Waals surface area (Å²) < 4.78 is 22.0. The van der Waals surface area contributed by atoms with Crippen molar-refractivity contribution in [3.8, 4) is 11.5 Å². The van der Waals surface area contributed by atoms with E-state index in [1.807, 2.05) is 25.1 Å². The van der Waals surface area contributed by atoms with Crippen LogP contribution in [0.15, 0.2) is 23.2 Å². The van der Waals surface area contributed by atoms with E-state index in [4.69, 9.17) is 24.1 Å². The minimum Gasteiger partial charge on any atom is -0.493 e. The molecule has 0 bridgehead atoms. The van der Waals surface area contributed by atoms with Crippen LogP contribution in [0.4, 0.5) is 0 Å². The normalized spacial score (nSPS) is 15.1. The molecule has 30 heavy (non-hydrogen) atoms. The maximum atomic E-state index is 8.91. The van der Waals surface area contributed by atoms with Crippen LogP contribution < -0.4 is 20.1 Å². The molecule has 0 aliphatic carbocycles. The lowest BCUT2D eigenvalue weighted by Gasteiger charge is -2.21. The lowest BCUT2D eigenvalue weighted by atomic mass is 10.0. The van der Waals surface area contributed by atoms with Crippen molar-refractivity contribution in [1.82, 2.24) is 10.6 Å². The Morgan fingerprint density at radius 2 is 2.03 bits per heavy atom. The molecular weight excluding hydrogens is 386 g/mol. The van der Waals surface area contributed by atoms with E-state index >= 15 is 0 Å². The fourth-order valence-corrected chi connectivity index (χ4v) is 3.14. The van der Waals surface area contributed by atoms with Crippen LogP contribution >= 0.6 is 0 Å². The molecule has 0 aromatic heterocycles. The lowest BCUT2D eigenvalue weighted by Crippen LogP contribution is -2.38. The van der Waals surface area contributed by atoms with Gasteiger partial charge >= 0.3 is 0 Å². The van der Waals surface area contributed by atoms with E-state index in [-0.39, 0.29) is 13.2 Å². The topological polar surface area (TPSA) is 93.6 Å². The molecule has 2 rings (SSSR count). The Balaban J connectivity index is 1.73. The fraction of sp³-hybridized carbons (Fsp3) is 0.682. The van der Waals surface area contributed by atoms with Gasteiger partial charge in [0.15, 0.2) is 17.5 Å². The predicted molar refractivity (Wildman–Crippen MR) is 117 cm³/mol. The zero-order valence-electron chi connectivity index (χ0n) is 18.3. The van der Waals surface area contributed by atoms with E-state index in [9.17, 15) is 0 Å². The van der Waals surface area contributed by atoms with Crippen molar-refractivity contribution in [3.05, 3.63) is 23.8 Å². The zero-order valence-corrected chi connectivity index (χ0v) is 18.3. The highest BCUT2D eigenvalue weighted by Gasteiger charge is 2.13. The summed E-state index contributed by atoms with van der Waals surface area (Å²) in [5.74, 6) is 2.67. The predicted octanol–water partition coefficient (Wildman–Crippen LogP) is 1.95. The number of methoxy groups -OCH3 is 1. The van der Waals surface area contributed by atoms with Crippen LogP contribution in [0.1, 0.15) is 31.7 Å². The smallest absolute Gasteiger partial charge is 0.191 e. The largest absolute Gasteiger partial charge is 0.493 e. The summed E-state index contributed by atoms with van der Waals surface area (Å²) in [6.07, 6.45) is 3.14. The number of nitrogens with zero attached hydrogens (tertiary/aromatic N) is 1. The molecule has 0 amide bonds. The van der Waals surface area contributed by atoms with Crippen LogP contribution in [0.2, 0.25) is 0 Å². The summed E-state index contributed by atoms with van der Waals surface area (Å²) >= 11 is 0. The Morgan fingerprint density at radius 3 is 2.77 bits per heavy atom. The molecule has 1 aliphatic rings. The van der Waals surface area contributed by atoms with E-state index in [1.54, 1.807) is 7.11 Å². The number of rotatable bonds is 13. The quantitative estimate of drug-likeness (QED) is 0.254. The third-order valence-electron chi connectivity index (χ3n) is 4.79. The number of aliphatic imine (C=N–C) groups is 1. The van der Waals surface area contributed by atoms with E-state index in [0.717, 1.165) is 70.3 Å². The number of ether oxygens (including phenoxy) is 4. The van der Waals surface area contributed by atoms with Crippen LogP contribution in [0, 0.1) is 5.92 Å². The average Bonchev–Trinajstić information content (AvgIpc) is 2.79. The summed E-state index contributed by atoms with van der Waals surface area (Å²) in [7, 11) is 1.60. The Labute approximate surface area is 180 Å². The fourth-order valence-electron chi connectivity index (χ4n) is 3.14. The Hall–Kier alpha value is -2.03. The van der Waals surface area contributed by atoms with Gasteiger partial charge in [0.2, 0.25) is 0 Å². The third kappa shape index (κ3) is 9.19. The Morgan fingerprint density at radius 1 is 1.20 bits per heavy atom. The van der Waals surface area contributed by atoms with Crippen LogP contribution in [0.5, 0.6) is 11.5 Å². The van der Waals surface area contributed by atoms with Gasteiger partial charge in [0, 0.05) is 39.5 Å². The van der Waals surface area contributed by atoms with Crippen molar-refractivity contribution in [1.29, 1.82) is 0 Å². The first kappa shape index (κ1) is 24.2. The molecule has 170 valence electrons. The van der Waals surface area contributed by atoms with Gasteiger partial charge in [-0.25, -0.2) is 4.99 Å². The van der Waals surface area contributed by atoms with Gasteiger partial charge in [-0.1, -0.05) is 6.07 Å². The monoisotopic (exact) mass is 423 g/mol. The molecule has 1 fully saturated rings. The molecule has 8 nitrogen and oxygen atoms in total. The zero-order chi connectivity index (χ0) is 21.4. The molecule has 1 aliphatic heterocycles. The molecule has 0 saturated carbocycles. The molecule has 1 aromatic carbocycles. The SMILES string of the molecule is CCNC(=NCc1ccc(OCCO)c(OC)c1)NCCCOCC1CCOCC1. The number of aliphatic hydroxyl groups is 1. The second-order valence-corrected chi connectivity index (χ2v) is 7.16. The number of guanidine groups is 1. The number of aliphatic hydroxyl groups excluding tert-OH is 1. The summed E-state index contributed by atoms with van der Waals surface area (Å²) in [6.45, 7) is 7.67. The van der Waals surface area contributed by atoms with E-state index < -0.39 is 0 Å². The van der Waals surface area contributed by atoms with Crippen molar-refractivity contribution < 1.29 is 24.1 Å². The first-order valence-corrected chi connectivity index (χ1v) is 10.8. The van der Waals surface area contributed by atoms with Gasteiger partial charge < -0.3 is 34.7 Å². The maximum Gasteiger partial charge on any atom is 0.191 e. The summed E-state index contributed by atoms with van der Waals surface area (Å²) in [6, 6.07) is 5.70. The molecule has 1 saturated heterocycles. The van der Waals surface area contributed by atoms with Gasteiger partial charge in [0.05, 0.1) is 20.3 Å². The van der Waals surface area contributed by atoms with Crippen LogP contribution in [0.25, 0.3) is 0 Å². The standard InChI is InChI=1S/C22H37N3O5/c1-3-23-22(24-9-4-11-29-17-18-7-12-28-13-8-18)25-16-19-5-6-20(30-14-10-26)21(15-19)27-2/h5-6,15,18,26H,3-4,7-14,16-17H2,1-2H3,(H2,23,24,25). The second-order valence-electron chi connectivity index (χ2n) is 7.16. The maximum absolute atomic E-state index is 8.91. The number of hydrogen-bond acceptors (Lipinski definition) is 6. The second kappa shape index (κ2) is 14.9. The van der Waals surface area contributed by atoms with E-state index in [0.29, 0.717) is 24.0 Å². The minimum atomic E-state index is -0.0342. The highest BCUT2D eigenvalue weighted by molar-refractivity contribution is 5.79. The molecule has 1 heterocycles. The van der Waals surface area contributed by atoms with Gasteiger partial charge in [0.1, 0.15) is 6.61 Å². The van der Waals surface area contributed by atoms with Crippen molar-refractivity contribution in [3.63, 3.8) is 0 Å². The molecule has 0 radical (unpaired) electrons. The number of benzene rings is 1. The molecule has 1 aromatic rings. The van der Waals surface area contributed by atoms with Gasteiger partial charge in [-0.15, -0.1) is 0 Å². The molecule has 0 atom stereocenters. The highest BCUT2D eigenvalue weighted by Crippen LogP contribution is 2.28.